The normalized spacial score (nSPS) is 14.4. The molecule has 0 fully saturated rings. The Kier molecular flexibility index (Phi) is 6.93. The molecular weight excluding hydrogens is 410 g/mol. The van der Waals surface area contributed by atoms with Crippen molar-refractivity contribution in [3.8, 4) is 5.75 Å². The Morgan fingerprint density at radius 1 is 0.968 bits per heavy atom. The van der Waals surface area contributed by atoms with Crippen LogP contribution in [0.3, 0.4) is 0 Å². The maximum absolute atomic E-state index is 13.4. The molecule has 2 aromatic rings. The Labute approximate surface area is 184 Å². The van der Waals surface area contributed by atoms with E-state index in [0.717, 1.165) is 16.7 Å². The summed E-state index contributed by atoms with van der Waals surface area (Å²) < 4.78 is 33.6. The van der Waals surface area contributed by atoms with Crippen molar-refractivity contribution in [1.82, 2.24) is 4.31 Å². The molecule has 0 N–H and O–H groups in total. The molecule has 0 bridgehead atoms. The smallest absolute Gasteiger partial charge is 0.243 e. The molecule has 0 spiro atoms. The lowest BCUT2D eigenvalue weighted by atomic mass is 9.95. The largest absolute Gasteiger partial charge is 0.497 e. The number of carbonyl (C=O) groups is 1. The highest BCUT2D eigenvalue weighted by atomic mass is 32.2. The summed E-state index contributed by atoms with van der Waals surface area (Å²) in [5, 5.41) is 0. The van der Waals surface area contributed by atoms with Crippen molar-refractivity contribution in [2.45, 2.75) is 32.2 Å². The van der Waals surface area contributed by atoms with Crippen LogP contribution in [-0.4, -0.2) is 32.2 Å². The first kappa shape index (κ1) is 22.7. The lowest BCUT2D eigenvalue weighted by Gasteiger charge is -2.22. The minimum Gasteiger partial charge on any atom is -0.497 e. The molecule has 1 aliphatic carbocycles. The summed E-state index contributed by atoms with van der Waals surface area (Å²) in [7, 11) is -2.15. The van der Waals surface area contributed by atoms with E-state index in [1.165, 1.54) is 4.31 Å². The van der Waals surface area contributed by atoms with Crippen LogP contribution in [0.25, 0.3) is 0 Å². The fourth-order valence-corrected chi connectivity index (χ4v) is 4.76. The molecule has 162 valence electrons. The predicted octanol–water partition coefficient (Wildman–Crippen LogP) is 4.60. The minimum atomic E-state index is -3.73. The van der Waals surface area contributed by atoms with Gasteiger partial charge in [-0.15, -0.1) is 0 Å². The molecule has 3 rings (SSSR count). The SMILES string of the molecule is COc1cccc(CN(CC=C2C=C(C)C(=O)C(C)=C2)S(=O)(=O)c2ccc(C)cc2)c1. The Morgan fingerprint density at radius 3 is 2.23 bits per heavy atom. The van der Waals surface area contributed by atoms with Crippen molar-refractivity contribution in [2.24, 2.45) is 0 Å². The van der Waals surface area contributed by atoms with E-state index in [1.807, 2.05) is 37.3 Å². The van der Waals surface area contributed by atoms with Gasteiger partial charge in [-0.05, 0) is 79.5 Å². The molecule has 0 radical (unpaired) electrons. The van der Waals surface area contributed by atoms with Crippen LogP contribution in [0.1, 0.15) is 25.0 Å². The number of Topliss-reactive ketones (excluding diaryl/α,β-unsaturated/α-hetero) is 1. The predicted molar refractivity (Wildman–Crippen MR) is 122 cm³/mol. The zero-order valence-corrected chi connectivity index (χ0v) is 19.1. The van der Waals surface area contributed by atoms with Crippen LogP contribution < -0.4 is 4.74 Å². The highest BCUT2D eigenvalue weighted by molar-refractivity contribution is 7.89. The van der Waals surface area contributed by atoms with Crippen LogP contribution in [0.2, 0.25) is 0 Å². The second-order valence-corrected chi connectivity index (χ2v) is 9.59. The second kappa shape index (κ2) is 9.45. The number of rotatable bonds is 7. The Balaban J connectivity index is 1.97. The minimum absolute atomic E-state index is 0.0117. The summed E-state index contributed by atoms with van der Waals surface area (Å²) in [5.74, 6) is 0.684. The molecule has 0 unspecified atom stereocenters. The molecule has 0 amide bonds. The molecular formula is C25H27NO4S. The summed E-state index contributed by atoms with van der Waals surface area (Å²) >= 11 is 0. The number of benzene rings is 2. The molecule has 6 heteroatoms. The third-order valence-corrected chi connectivity index (χ3v) is 6.99. The van der Waals surface area contributed by atoms with E-state index in [4.69, 9.17) is 4.74 Å². The number of hydrogen-bond acceptors (Lipinski definition) is 4. The molecule has 0 aliphatic heterocycles. The average molecular weight is 438 g/mol. The number of carbonyl (C=O) groups excluding carboxylic acids is 1. The molecule has 31 heavy (non-hydrogen) atoms. The fraction of sp³-hybridized carbons (Fsp3) is 0.240. The summed E-state index contributed by atoms with van der Waals surface area (Å²) in [6.07, 6.45) is 5.42. The van der Waals surface area contributed by atoms with Gasteiger partial charge in [0, 0.05) is 13.1 Å². The van der Waals surface area contributed by atoms with Crippen molar-refractivity contribution in [3.63, 3.8) is 0 Å². The first-order valence-electron chi connectivity index (χ1n) is 10.0. The third-order valence-electron chi connectivity index (χ3n) is 5.17. The van der Waals surface area contributed by atoms with Crippen LogP contribution in [0.5, 0.6) is 5.75 Å². The van der Waals surface area contributed by atoms with Crippen LogP contribution in [0.15, 0.2) is 88.4 Å². The number of aryl methyl sites for hydroxylation is 1. The van der Waals surface area contributed by atoms with E-state index in [2.05, 4.69) is 0 Å². The third kappa shape index (κ3) is 5.40. The zero-order chi connectivity index (χ0) is 22.6. The molecule has 0 aromatic heterocycles. The summed E-state index contributed by atoms with van der Waals surface area (Å²) in [5.41, 5.74) is 3.93. The quantitative estimate of drug-likeness (QED) is 0.635. The maximum Gasteiger partial charge on any atom is 0.243 e. The molecule has 0 saturated carbocycles. The number of nitrogens with zero attached hydrogens (tertiary/aromatic N) is 1. The van der Waals surface area contributed by atoms with E-state index in [-0.39, 0.29) is 23.8 Å². The highest BCUT2D eigenvalue weighted by Gasteiger charge is 2.24. The van der Waals surface area contributed by atoms with Gasteiger partial charge in [0.2, 0.25) is 10.0 Å². The van der Waals surface area contributed by atoms with Gasteiger partial charge in [-0.2, -0.15) is 4.31 Å². The highest BCUT2D eigenvalue weighted by Crippen LogP contribution is 2.23. The molecule has 2 aromatic carbocycles. The summed E-state index contributed by atoms with van der Waals surface area (Å²) in [4.78, 5) is 12.2. The number of sulfonamides is 1. The Hall–Kier alpha value is -2.96. The Bertz CT molecular complexity index is 1150. The van der Waals surface area contributed by atoms with E-state index in [1.54, 1.807) is 57.4 Å². The van der Waals surface area contributed by atoms with Crippen molar-refractivity contribution >= 4 is 15.8 Å². The lowest BCUT2D eigenvalue weighted by Crippen LogP contribution is -2.31. The Morgan fingerprint density at radius 2 is 1.61 bits per heavy atom. The van der Waals surface area contributed by atoms with Gasteiger partial charge in [0.1, 0.15) is 5.75 Å². The van der Waals surface area contributed by atoms with Crippen LogP contribution in [0, 0.1) is 6.92 Å². The maximum atomic E-state index is 13.4. The van der Waals surface area contributed by atoms with Crippen LogP contribution in [-0.2, 0) is 21.4 Å². The number of ketones is 1. The monoisotopic (exact) mass is 437 g/mol. The summed E-state index contributed by atoms with van der Waals surface area (Å²) in [6.45, 7) is 5.82. The first-order chi connectivity index (χ1) is 14.7. The molecule has 0 saturated heterocycles. The van der Waals surface area contributed by atoms with Gasteiger partial charge in [-0.25, -0.2) is 8.42 Å². The standard InChI is InChI=1S/C25H27NO4S/c1-18-8-10-24(11-9-18)31(28,29)26(17-22-6-5-7-23(16-22)30-4)13-12-21-14-19(2)25(27)20(3)15-21/h5-12,14-16H,13,17H2,1-4H3. The first-order valence-corrected chi connectivity index (χ1v) is 11.5. The van der Waals surface area contributed by atoms with Gasteiger partial charge in [-0.1, -0.05) is 35.9 Å². The van der Waals surface area contributed by atoms with Crippen LogP contribution in [0.4, 0.5) is 0 Å². The fourth-order valence-electron chi connectivity index (χ4n) is 3.39. The van der Waals surface area contributed by atoms with Gasteiger partial charge in [0.15, 0.2) is 5.78 Å². The number of allylic oxidation sites excluding steroid dienone is 5. The van der Waals surface area contributed by atoms with E-state index >= 15 is 0 Å². The van der Waals surface area contributed by atoms with Crippen molar-refractivity contribution in [2.75, 3.05) is 13.7 Å². The van der Waals surface area contributed by atoms with E-state index < -0.39 is 10.0 Å². The van der Waals surface area contributed by atoms with Crippen molar-refractivity contribution < 1.29 is 17.9 Å². The topological polar surface area (TPSA) is 63.7 Å². The van der Waals surface area contributed by atoms with E-state index in [0.29, 0.717) is 16.9 Å². The average Bonchev–Trinajstić information content (AvgIpc) is 2.75. The van der Waals surface area contributed by atoms with Gasteiger partial charge >= 0.3 is 0 Å². The van der Waals surface area contributed by atoms with Gasteiger partial charge in [0.25, 0.3) is 0 Å². The van der Waals surface area contributed by atoms with Crippen molar-refractivity contribution in [1.29, 1.82) is 0 Å². The second-order valence-electron chi connectivity index (χ2n) is 7.65. The van der Waals surface area contributed by atoms with E-state index in [9.17, 15) is 13.2 Å². The molecule has 0 atom stereocenters. The number of ether oxygens (including phenoxy) is 1. The van der Waals surface area contributed by atoms with Gasteiger partial charge in [-0.3, -0.25) is 4.79 Å². The van der Waals surface area contributed by atoms with Gasteiger partial charge in [0.05, 0.1) is 12.0 Å². The van der Waals surface area contributed by atoms with Crippen LogP contribution >= 0.6 is 0 Å². The number of methoxy groups -OCH3 is 1. The number of hydrogen-bond donors (Lipinski definition) is 0. The summed E-state index contributed by atoms with van der Waals surface area (Å²) in [6, 6.07) is 14.2. The zero-order valence-electron chi connectivity index (χ0n) is 18.3. The molecule has 1 aliphatic rings. The molecule has 0 heterocycles. The van der Waals surface area contributed by atoms with Gasteiger partial charge < -0.3 is 4.74 Å². The molecule has 5 nitrogen and oxygen atoms in total. The lowest BCUT2D eigenvalue weighted by molar-refractivity contribution is -0.112. The van der Waals surface area contributed by atoms with Crippen molar-refractivity contribution in [3.05, 3.63) is 94.6 Å².